The van der Waals surface area contributed by atoms with E-state index in [1.54, 1.807) is 7.11 Å². The van der Waals surface area contributed by atoms with Crippen molar-refractivity contribution < 1.29 is 18.9 Å². The summed E-state index contributed by atoms with van der Waals surface area (Å²) in [6, 6.07) is 5.88. The minimum Gasteiger partial charge on any atom is -0.468 e. The summed E-state index contributed by atoms with van der Waals surface area (Å²) in [7, 11) is 3.59. The molecule has 5 heteroatoms. The van der Waals surface area contributed by atoms with Crippen molar-refractivity contribution >= 4 is 13.3 Å². The zero-order chi connectivity index (χ0) is 11.4. The highest BCUT2D eigenvalue weighted by Gasteiger charge is 2.18. The second kappa shape index (κ2) is 5.34. The lowest BCUT2D eigenvalue weighted by Crippen LogP contribution is -2.13. The molecule has 4 nitrogen and oxygen atoms in total. The van der Waals surface area contributed by atoms with Gasteiger partial charge in [-0.1, -0.05) is 12.1 Å². The first-order valence-corrected chi connectivity index (χ1v) is 5.27. The monoisotopic (exact) mass is 222 g/mol. The Bertz CT molecular complexity index is 350. The maximum atomic E-state index is 5.43. The van der Waals surface area contributed by atoms with Gasteiger partial charge < -0.3 is 18.9 Å². The molecule has 0 bridgehead atoms. The molecule has 1 heterocycles. The third kappa shape index (κ3) is 2.55. The van der Waals surface area contributed by atoms with E-state index >= 15 is 0 Å². The van der Waals surface area contributed by atoms with Crippen molar-refractivity contribution in [2.24, 2.45) is 0 Å². The standard InChI is InChI=1S/C11H15BO4/c1-13-7-16-10-3-2-8(6-9(10)12)11-14-4-5-15-11/h2-3,6,11H,4-5,7,12H2,1H3. The molecule has 16 heavy (non-hydrogen) atoms. The molecular weight excluding hydrogens is 207 g/mol. The normalized spacial score (nSPS) is 16.6. The lowest BCUT2D eigenvalue weighted by molar-refractivity contribution is -0.0441. The Hall–Kier alpha value is -1.04. The molecule has 1 aromatic carbocycles. The molecule has 0 aliphatic carbocycles. The first-order valence-electron chi connectivity index (χ1n) is 5.27. The SMILES string of the molecule is Bc1cc(C2OCCO2)ccc1OCOC. The second-order valence-electron chi connectivity index (χ2n) is 3.65. The van der Waals surface area contributed by atoms with E-state index in [0.29, 0.717) is 13.2 Å². The molecule has 0 unspecified atom stereocenters. The van der Waals surface area contributed by atoms with E-state index in [-0.39, 0.29) is 13.1 Å². The van der Waals surface area contributed by atoms with Crippen LogP contribution in [0.2, 0.25) is 0 Å². The molecule has 0 spiro atoms. The van der Waals surface area contributed by atoms with E-state index in [1.165, 1.54) is 0 Å². The van der Waals surface area contributed by atoms with Crippen LogP contribution in [0.1, 0.15) is 11.9 Å². The molecule has 0 saturated carbocycles. The summed E-state index contributed by atoms with van der Waals surface area (Å²) in [6.45, 7) is 1.58. The topological polar surface area (TPSA) is 36.9 Å². The molecule has 1 fully saturated rings. The third-order valence-corrected chi connectivity index (χ3v) is 2.43. The summed E-state index contributed by atoms with van der Waals surface area (Å²) in [6.07, 6.45) is -0.227. The van der Waals surface area contributed by atoms with Crippen molar-refractivity contribution in [2.45, 2.75) is 6.29 Å². The summed E-state index contributed by atoms with van der Waals surface area (Å²) in [5.41, 5.74) is 2.08. The molecule has 2 rings (SSSR count). The number of methoxy groups -OCH3 is 1. The van der Waals surface area contributed by atoms with Crippen LogP contribution in [0.15, 0.2) is 18.2 Å². The van der Waals surface area contributed by atoms with E-state index < -0.39 is 0 Å². The van der Waals surface area contributed by atoms with Crippen LogP contribution in [0.4, 0.5) is 0 Å². The largest absolute Gasteiger partial charge is 0.468 e. The van der Waals surface area contributed by atoms with Crippen LogP contribution in [0.5, 0.6) is 5.75 Å². The molecular formula is C11H15BO4. The minimum absolute atomic E-state index is 0.227. The van der Waals surface area contributed by atoms with Gasteiger partial charge in [0.15, 0.2) is 13.1 Å². The van der Waals surface area contributed by atoms with Crippen LogP contribution < -0.4 is 10.2 Å². The first kappa shape index (κ1) is 11.5. The average molecular weight is 222 g/mol. The van der Waals surface area contributed by atoms with Gasteiger partial charge in [0.05, 0.1) is 13.2 Å². The van der Waals surface area contributed by atoms with E-state index in [2.05, 4.69) is 0 Å². The van der Waals surface area contributed by atoms with Crippen molar-refractivity contribution in [1.82, 2.24) is 0 Å². The van der Waals surface area contributed by atoms with Crippen LogP contribution in [-0.4, -0.2) is 35.0 Å². The summed E-state index contributed by atoms with van der Waals surface area (Å²) >= 11 is 0. The van der Waals surface area contributed by atoms with E-state index in [1.807, 2.05) is 26.0 Å². The van der Waals surface area contributed by atoms with Crippen molar-refractivity contribution in [2.75, 3.05) is 27.1 Å². The second-order valence-corrected chi connectivity index (χ2v) is 3.65. The summed E-state index contributed by atoms with van der Waals surface area (Å²) in [4.78, 5) is 0. The Morgan fingerprint density at radius 3 is 2.75 bits per heavy atom. The van der Waals surface area contributed by atoms with Crippen LogP contribution in [0, 0.1) is 0 Å². The zero-order valence-electron chi connectivity index (χ0n) is 9.56. The predicted octanol–water partition coefficient (Wildman–Crippen LogP) is -0.0269. The number of hydrogen-bond donors (Lipinski definition) is 0. The van der Waals surface area contributed by atoms with Gasteiger partial charge in [-0.25, -0.2) is 0 Å². The average Bonchev–Trinajstić information content (AvgIpc) is 2.81. The molecule has 1 aromatic rings. The summed E-state index contributed by atoms with van der Waals surface area (Å²) in [5.74, 6) is 0.823. The molecule has 1 saturated heterocycles. The molecule has 1 aliphatic rings. The van der Waals surface area contributed by atoms with Crippen molar-refractivity contribution in [3.63, 3.8) is 0 Å². The fourth-order valence-corrected chi connectivity index (χ4v) is 1.65. The van der Waals surface area contributed by atoms with Gasteiger partial charge in [-0.15, -0.1) is 0 Å². The summed E-state index contributed by atoms with van der Waals surface area (Å²) in [5, 5.41) is 0. The molecule has 0 radical (unpaired) electrons. The molecule has 0 atom stereocenters. The van der Waals surface area contributed by atoms with E-state index in [0.717, 1.165) is 16.8 Å². The number of ether oxygens (including phenoxy) is 4. The van der Waals surface area contributed by atoms with Gasteiger partial charge in [-0.2, -0.15) is 0 Å². The zero-order valence-corrected chi connectivity index (χ0v) is 9.56. The maximum absolute atomic E-state index is 5.43. The smallest absolute Gasteiger partial charge is 0.188 e. The first-order chi connectivity index (χ1) is 7.81. The van der Waals surface area contributed by atoms with Crippen LogP contribution >= 0.6 is 0 Å². The Morgan fingerprint density at radius 2 is 2.12 bits per heavy atom. The number of rotatable bonds is 4. The molecule has 0 N–H and O–H groups in total. The fraction of sp³-hybridized carbons (Fsp3) is 0.455. The van der Waals surface area contributed by atoms with Gasteiger partial charge in [-0.3, -0.25) is 0 Å². The van der Waals surface area contributed by atoms with Gasteiger partial charge in [-0.05, 0) is 11.5 Å². The van der Waals surface area contributed by atoms with Crippen molar-refractivity contribution in [1.29, 1.82) is 0 Å². The molecule has 0 amide bonds. The Morgan fingerprint density at radius 1 is 1.38 bits per heavy atom. The molecule has 86 valence electrons. The van der Waals surface area contributed by atoms with Crippen LogP contribution in [0.3, 0.4) is 0 Å². The Kier molecular flexibility index (Phi) is 3.82. The van der Waals surface area contributed by atoms with Gasteiger partial charge in [0.25, 0.3) is 0 Å². The van der Waals surface area contributed by atoms with Gasteiger partial charge in [0.2, 0.25) is 0 Å². The Labute approximate surface area is 95.9 Å². The van der Waals surface area contributed by atoms with E-state index in [4.69, 9.17) is 18.9 Å². The molecule has 0 aromatic heterocycles. The highest BCUT2D eigenvalue weighted by molar-refractivity contribution is 6.34. The van der Waals surface area contributed by atoms with Crippen LogP contribution in [-0.2, 0) is 14.2 Å². The van der Waals surface area contributed by atoms with Gasteiger partial charge in [0, 0.05) is 12.7 Å². The fourth-order valence-electron chi connectivity index (χ4n) is 1.65. The Balaban J connectivity index is 2.09. The van der Waals surface area contributed by atoms with Crippen molar-refractivity contribution in [3.8, 4) is 5.75 Å². The van der Waals surface area contributed by atoms with Gasteiger partial charge in [0.1, 0.15) is 13.6 Å². The summed E-state index contributed by atoms with van der Waals surface area (Å²) < 4.78 is 21.1. The third-order valence-electron chi connectivity index (χ3n) is 2.43. The lowest BCUT2D eigenvalue weighted by atomic mass is 9.93. The maximum Gasteiger partial charge on any atom is 0.188 e. The lowest BCUT2D eigenvalue weighted by Gasteiger charge is -2.13. The predicted molar refractivity (Wildman–Crippen MR) is 61.8 cm³/mol. The van der Waals surface area contributed by atoms with Gasteiger partial charge >= 0.3 is 0 Å². The quantitative estimate of drug-likeness (QED) is 0.529. The minimum atomic E-state index is -0.227. The van der Waals surface area contributed by atoms with Crippen molar-refractivity contribution in [3.05, 3.63) is 23.8 Å². The van der Waals surface area contributed by atoms with Crippen LogP contribution in [0.25, 0.3) is 0 Å². The van der Waals surface area contributed by atoms with E-state index in [9.17, 15) is 0 Å². The number of benzene rings is 1. The highest BCUT2D eigenvalue weighted by Crippen LogP contribution is 2.23. The highest BCUT2D eigenvalue weighted by atomic mass is 16.7. The number of hydrogen-bond acceptors (Lipinski definition) is 4. The molecule has 1 aliphatic heterocycles.